The van der Waals surface area contributed by atoms with E-state index in [1.165, 1.54) is 22.3 Å². The molecule has 0 bridgehead atoms. The lowest BCUT2D eigenvalue weighted by atomic mass is 9.85. The number of aryl methyl sites for hydroxylation is 2. The highest BCUT2D eigenvalue weighted by molar-refractivity contribution is 5.98. The van der Waals surface area contributed by atoms with Gasteiger partial charge in [-0.15, -0.1) is 0 Å². The third kappa shape index (κ3) is 3.54. The van der Waals surface area contributed by atoms with Crippen LogP contribution in [-0.4, -0.2) is 20.1 Å². The molecule has 0 aromatic heterocycles. The van der Waals surface area contributed by atoms with E-state index in [-0.39, 0.29) is 17.2 Å². The Morgan fingerprint density at radius 1 is 0.867 bits per heavy atom. The minimum Gasteiger partial charge on any atom is -0.497 e. The number of carbonyl (C=O) groups excluding carboxylic acids is 1. The molecule has 0 unspecified atom stereocenters. The van der Waals surface area contributed by atoms with Crippen molar-refractivity contribution in [3.05, 3.63) is 89.0 Å². The first-order chi connectivity index (χ1) is 14.5. The van der Waals surface area contributed by atoms with Gasteiger partial charge in [-0.3, -0.25) is 4.79 Å². The Kier molecular flexibility index (Phi) is 5.25. The van der Waals surface area contributed by atoms with E-state index in [0.717, 1.165) is 6.42 Å². The Bertz CT molecular complexity index is 1010. The molecule has 1 aliphatic rings. The van der Waals surface area contributed by atoms with Gasteiger partial charge in [-0.1, -0.05) is 59.7 Å². The van der Waals surface area contributed by atoms with Gasteiger partial charge in [0, 0.05) is 11.5 Å². The fourth-order valence-electron chi connectivity index (χ4n) is 4.21. The van der Waals surface area contributed by atoms with Crippen LogP contribution < -0.4 is 14.8 Å². The summed E-state index contributed by atoms with van der Waals surface area (Å²) in [6.07, 6.45) is 0.781. The van der Waals surface area contributed by atoms with Gasteiger partial charge in [-0.05, 0) is 43.5 Å². The predicted octanol–water partition coefficient (Wildman–Crippen LogP) is 5.27. The maximum atomic E-state index is 13.3. The Morgan fingerprint density at radius 2 is 1.43 bits per heavy atom. The van der Waals surface area contributed by atoms with Crippen molar-refractivity contribution < 1.29 is 14.3 Å². The van der Waals surface area contributed by atoms with Crippen molar-refractivity contribution in [3.8, 4) is 11.5 Å². The second kappa shape index (κ2) is 7.86. The summed E-state index contributed by atoms with van der Waals surface area (Å²) in [6, 6.07) is 22.5. The summed E-state index contributed by atoms with van der Waals surface area (Å²) in [5.74, 6) is 1.12. The monoisotopic (exact) mass is 401 g/mol. The molecule has 0 spiro atoms. The lowest BCUT2D eigenvalue weighted by Crippen LogP contribution is -2.22. The molecule has 0 heterocycles. The summed E-state index contributed by atoms with van der Waals surface area (Å²) >= 11 is 0. The molecule has 154 valence electrons. The third-order valence-electron chi connectivity index (χ3n) is 6.08. The summed E-state index contributed by atoms with van der Waals surface area (Å²) in [7, 11) is 3.19. The van der Waals surface area contributed by atoms with E-state index in [1.54, 1.807) is 20.3 Å². The van der Waals surface area contributed by atoms with Crippen LogP contribution in [0.2, 0.25) is 0 Å². The summed E-state index contributed by atoms with van der Waals surface area (Å²) < 4.78 is 10.7. The fraction of sp³-hybridized carbons (Fsp3) is 0.269. The van der Waals surface area contributed by atoms with Crippen LogP contribution in [-0.2, 0) is 10.2 Å². The zero-order valence-corrected chi connectivity index (χ0v) is 17.9. The molecule has 1 aliphatic carbocycles. The summed E-state index contributed by atoms with van der Waals surface area (Å²) in [6.45, 7) is 4.16. The van der Waals surface area contributed by atoms with E-state index < -0.39 is 0 Å². The maximum absolute atomic E-state index is 13.3. The zero-order valence-electron chi connectivity index (χ0n) is 17.9. The second-order valence-electron chi connectivity index (χ2n) is 8.02. The van der Waals surface area contributed by atoms with Gasteiger partial charge in [0.1, 0.15) is 11.5 Å². The second-order valence-corrected chi connectivity index (χ2v) is 8.02. The van der Waals surface area contributed by atoms with Gasteiger partial charge >= 0.3 is 0 Å². The number of carbonyl (C=O) groups is 1. The largest absolute Gasteiger partial charge is 0.497 e. The number of benzene rings is 3. The van der Waals surface area contributed by atoms with Crippen LogP contribution in [0.1, 0.15) is 28.7 Å². The van der Waals surface area contributed by atoms with Gasteiger partial charge in [-0.25, -0.2) is 0 Å². The van der Waals surface area contributed by atoms with Crippen molar-refractivity contribution in [3.63, 3.8) is 0 Å². The first-order valence-electron chi connectivity index (χ1n) is 10.1. The van der Waals surface area contributed by atoms with Gasteiger partial charge in [-0.2, -0.15) is 0 Å². The number of methoxy groups -OCH3 is 2. The Morgan fingerprint density at radius 3 is 1.93 bits per heavy atom. The summed E-state index contributed by atoms with van der Waals surface area (Å²) in [5, 5.41) is 3.07. The number of hydrogen-bond acceptors (Lipinski definition) is 3. The molecule has 4 heteroatoms. The minimum atomic E-state index is -0.300. The number of amides is 1. The molecule has 1 fully saturated rings. The van der Waals surface area contributed by atoms with Crippen molar-refractivity contribution >= 4 is 11.6 Å². The van der Waals surface area contributed by atoms with E-state index >= 15 is 0 Å². The first kappa shape index (κ1) is 20.0. The van der Waals surface area contributed by atoms with Crippen molar-refractivity contribution in [2.24, 2.45) is 5.92 Å². The van der Waals surface area contributed by atoms with Gasteiger partial charge < -0.3 is 14.8 Å². The zero-order chi connectivity index (χ0) is 21.3. The van der Waals surface area contributed by atoms with E-state index in [2.05, 4.69) is 67.7 Å². The molecule has 4 nitrogen and oxygen atoms in total. The standard InChI is InChI=1S/C26H27NO3/c1-17-5-9-19(10-6-17)26(20-11-7-18(2)8-12-20)16-22(26)25(28)27-23-14-13-21(29-3)15-24(23)30-4/h5-15,22H,16H2,1-4H3,(H,27,28)/t22-/m0/s1. The van der Waals surface area contributed by atoms with Crippen molar-refractivity contribution in [2.75, 3.05) is 19.5 Å². The molecular formula is C26H27NO3. The number of rotatable bonds is 6. The molecule has 1 N–H and O–H groups in total. The normalized spacial score (nSPS) is 16.6. The van der Waals surface area contributed by atoms with Crippen LogP contribution in [0.3, 0.4) is 0 Å². The van der Waals surface area contributed by atoms with E-state index in [1.807, 2.05) is 12.1 Å². The highest BCUT2D eigenvalue weighted by atomic mass is 16.5. The van der Waals surface area contributed by atoms with Crippen molar-refractivity contribution in [2.45, 2.75) is 25.7 Å². The van der Waals surface area contributed by atoms with Crippen LogP contribution in [0.15, 0.2) is 66.7 Å². The molecule has 30 heavy (non-hydrogen) atoms. The Labute approximate surface area is 177 Å². The van der Waals surface area contributed by atoms with Crippen LogP contribution in [0.5, 0.6) is 11.5 Å². The van der Waals surface area contributed by atoms with Gasteiger partial charge in [0.15, 0.2) is 0 Å². The lowest BCUT2D eigenvalue weighted by molar-refractivity contribution is -0.117. The Balaban J connectivity index is 1.66. The molecule has 1 amide bonds. The van der Waals surface area contributed by atoms with Crippen LogP contribution >= 0.6 is 0 Å². The SMILES string of the molecule is COc1ccc(NC(=O)[C@@H]2CC2(c2ccc(C)cc2)c2ccc(C)cc2)c(OC)c1. The molecule has 3 aromatic carbocycles. The molecule has 4 rings (SSSR count). The predicted molar refractivity (Wildman–Crippen MR) is 119 cm³/mol. The molecule has 0 saturated heterocycles. The average molecular weight is 402 g/mol. The fourth-order valence-corrected chi connectivity index (χ4v) is 4.21. The molecule has 0 aliphatic heterocycles. The quantitative estimate of drug-likeness (QED) is 0.612. The van der Waals surface area contributed by atoms with Crippen LogP contribution in [0.25, 0.3) is 0 Å². The number of nitrogens with one attached hydrogen (secondary N) is 1. The smallest absolute Gasteiger partial charge is 0.228 e. The summed E-state index contributed by atoms with van der Waals surface area (Å²) in [4.78, 5) is 13.3. The Hall–Kier alpha value is -3.27. The first-order valence-corrected chi connectivity index (χ1v) is 10.1. The molecule has 0 radical (unpaired) electrons. The van der Waals surface area contributed by atoms with Gasteiger partial charge in [0.05, 0.1) is 25.8 Å². The van der Waals surface area contributed by atoms with Crippen molar-refractivity contribution in [1.29, 1.82) is 0 Å². The molecule has 1 atom stereocenters. The van der Waals surface area contributed by atoms with Crippen LogP contribution in [0, 0.1) is 19.8 Å². The molecule has 1 saturated carbocycles. The van der Waals surface area contributed by atoms with E-state index in [9.17, 15) is 4.79 Å². The lowest BCUT2D eigenvalue weighted by Gasteiger charge is -2.20. The topological polar surface area (TPSA) is 47.6 Å². The molecule has 3 aromatic rings. The van der Waals surface area contributed by atoms with Crippen molar-refractivity contribution in [1.82, 2.24) is 0 Å². The van der Waals surface area contributed by atoms with E-state index in [0.29, 0.717) is 17.2 Å². The van der Waals surface area contributed by atoms with Crippen LogP contribution in [0.4, 0.5) is 5.69 Å². The molecular weight excluding hydrogens is 374 g/mol. The highest BCUT2D eigenvalue weighted by Crippen LogP contribution is 2.59. The minimum absolute atomic E-state index is 0.000355. The number of hydrogen-bond donors (Lipinski definition) is 1. The highest BCUT2D eigenvalue weighted by Gasteiger charge is 2.60. The van der Waals surface area contributed by atoms with Gasteiger partial charge in [0.25, 0.3) is 0 Å². The van der Waals surface area contributed by atoms with Gasteiger partial charge in [0.2, 0.25) is 5.91 Å². The third-order valence-corrected chi connectivity index (χ3v) is 6.08. The maximum Gasteiger partial charge on any atom is 0.228 e. The number of anilines is 1. The number of ether oxygens (including phenoxy) is 2. The van der Waals surface area contributed by atoms with E-state index in [4.69, 9.17) is 9.47 Å². The summed E-state index contributed by atoms with van der Waals surface area (Å²) in [5.41, 5.74) is 5.13. The average Bonchev–Trinajstić information content (AvgIpc) is 3.52.